The molecule has 0 saturated carbocycles. The molecule has 1 unspecified atom stereocenters. The maximum atomic E-state index is 10.4. The monoisotopic (exact) mass is 153 g/mol. The van der Waals surface area contributed by atoms with Gasteiger partial charge in [0.25, 0.3) is 0 Å². The Hall–Kier alpha value is -1.29. The minimum Gasteiger partial charge on any atom is -0.352 e. The third-order valence-corrected chi connectivity index (χ3v) is 1.45. The highest BCUT2D eigenvalue weighted by atomic mass is 16.2. The average Bonchev–Trinajstić information content (AvgIpc) is 1.85. The number of urea groups is 1. The maximum absolute atomic E-state index is 10.4. The summed E-state index contributed by atoms with van der Waals surface area (Å²) in [5.41, 5.74) is 9.84. The van der Waals surface area contributed by atoms with Crippen LogP contribution >= 0.6 is 0 Å². The van der Waals surface area contributed by atoms with Crippen LogP contribution in [0.3, 0.4) is 0 Å². The van der Waals surface area contributed by atoms with Crippen LogP contribution in [0.5, 0.6) is 0 Å². The van der Waals surface area contributed by atoms with Gasteiger partial charge in [-0.25, -0.2) is 4.79 Å². The van der Waals surface area contributed by atoms with E-state index in [9.17, 15) is 4.79 Å². The van der Waals surface area contributed by atoms with E-state index in [0.29, 0.717) is 6.42 Å². The molecule has 1 atom stereocenters. The van der Waals surface area contributed by atoms with E-state index in [1.807, 2.05) is 12.2 Å². The number of nitrogens with one attached hydrogen (secondary N) is 1. The van der Waals surface area contributed by atoms with Gasteiger partial charge in [0.15, 0.2) is 0 Å². The van der Waals surface area contributed by atoms with Gasteiger partial charge in [0.2, 0.25) is 0 Å². The molecule has 2 amide bonds. The van der Waals surface area contributed by atoms with Crippen LogP contribution in [-0.2, 0) is 0 Å². The number of rotatable bonds is 1. The molecule has 0 aliphatic heterocycles. The van der Waals surface area contributed by atoms with Gasteiger partial charge in [0, 0.05) is 6.42 Å². The minimum absolute atomic E-state index is 0.576. The second-order valence-corrected chi connectivity index (χ2v) is 2.52. The fourth-order valence-electron chi connectivity index (χ4n) is 0.959. The van der Waals surface area contributed by atoms with Crippen molar-refractivity contribution in [3.63, 3.8) is 0 Å². The first-order valence-electron chi connectivity index (χ1n) is 3.33. The molecule has 0 aromatic carbocycles. The Bertz CT molecular complexity index is 222. The lowest BCUT2D eigenvalue weighted by Gasteiger charge is -2.26. The van der Waals surface area contributed by atoms with Crippen molar-refractivity contribution in [2.24, 2.45) is 11.5 Å². The Morgan fingerprint density at radius 2 is 2.27 bits per heavy atom. The molecular formula is C7H11N3O. The van der Waals surface area contributed by atoms with Gasteiger partial charge in [0.05, 0.1) is 0 Å². The van der Waals surface area contributed by atoms with Gasteiger partial charge < -0.3 is 16.8 Å². The number of carbonyl (C=O) groups excluding carboxylic acids is 1. The quantitative estimate of drug-likeness (QED) is 0.457. The first-order valence-corrected chi connectivity index (χ1v) is 3.33. The minimum atomic E-state index is -0.791. The molecule has 0 aromatic rings. The molecule has 0 fully saturated rings. The van der Waals surface area contributed by atoms with Crippen LogP contribution in [0.15, 0.2) is 24.3 Å². The smallest absolute Gasteiger partial charge is 0.313 e. The Labute approximate surface area is 64.9 Å². The lowest BCUT2D eigenvalue weighted by molar-refractivity contribution is 0.240. The summed E-state index contributed by atoms with van der Waals surface area (Å²) < 4.78 is 0. The molecule has 0 aromatic heterocycles. The highest BCUT2D eigenvalue weighted by Gasteiger charge is 2.21. The molecule has 0 saturated heterocycles. The van der Waals surface area contributed by atoms with Crippen molar-refractivity contribution in [1.82, 2.24) is 5.32 Å². The Balaban J connectivity index is 2.61. The van der Waals surface area contributed by atoms with E-state index >= 15 is 0 Å². The molecule has 1 aliphatic carbocycles. The van der Waals surface area contributed by atoms with Crippen LogP contribution in [0.2, 0.25) is 0 Å². The van der Waals surface area contributed by atoms with Crippen molar-refractivity contribution in [2.45, 2.75) is 12.1 Å². The number of amides is 2. The Morgan fingerprint density at radius 1 is 1.55 bits per heavy atom. The molecule has 4 nitrogen and oxygen atoms in total. The fraction of sp³-hybridized carbons (Fsp3) is 0.286. The van der Waals surface area contributed by atoms with Crippen LogP contribution in [0.1, 0.15) is 6.42 Å². The van der Waals surface area contributed by atoms with Gasteiger partial charge in [-0.05, 0) is 6.08 Å². The van der Waals surface area contributed by atoms with Gasteiger partial charge in [0.1, 0.15) is 5.66 Å². The lowest BCUT2D eigenvalue weighted by atomic mass is 10.0. The second-order valence-electron chi connectivity index (χ2n) is 2.52. The van der Waals surface area contributed by atoms with E-state index in [1.165, 1.54) is 0 Å². The van der Waals surface area contributed by atoms with E-state index in [-0.39, 0.29) is 0 Å². The molecule has 11 heavy (non-hydrogen) atoms. The van der Waals surface area contributed by atoms with Crippen molar-refractivity contribution in [1.29, 1.82) is 0 Å². The SMILES string of the molecule is NC(=O)NC1(N)C=CC=CC1. The summed E-state index contributed by atoms with van der Waals surface area (Å²) in [5, 5.41) is 2.44. The summed E-state index contributed by atoms with van der Waals surface area (Å²) in [5.74, 6) is 0. The number of nitrogens with two attached hydrogens (primary N) is 2. The topological polar surface area (TPSA) is 81.1 Å². The van der Waals surface area contributed by atoms with Crippen LogP contribution in [0.4, 0.5) is 4.79 Å². The Morgan fingerprint density at radius 3 is 2.73 bits per heavy atom. The largest absolute Gasteiger partial charge is 0.352 e. The van der Waals surface area contributed by atoms with Gasteiger partial charge in [-0.3, -0.25) is 0 Å². The molecule has 1 rings (SSSR count). The molecular weight excluding hydrogens is 142 g/mol. The van der Waals surface area contributed by atoms with Crippen LogP contribution in [0.25, 0.3) is 0 Å². The van der Waals surface area contributed by atoms with Crippen LogP contribution < -0.4 is 16.8 Å². The summed E-state index contributed by atoms with van der Waals surface area (Å²) in [7, 11) is 0. The lowest BCUT2D eigenvalue weighted by Crippen LogP contribution is -2.56. The summed E-state index contributed by atoms with van der Waals surface area (Å²) in [6, 6.07) is -0.604. The van der Waals surface area contributed by atoms with E-state index in [2.05, 4.69) is 5.32 Å². The molecule has 0 spiro atoms. The first kappa shape index (κ1) is 7.81. The zero-order chi connectivity index (χ0) is 8.32. The number of hydrogen-bond acceptors (Lipinski definition) is 2. The predicted octanol–water partition coefficient (Wildman–Crippen LogP) is -0.174. The molecule has 0 radical (unpaired) electrons. The highest BCUT2D eigenvalue weighted by molar-refractivity contribution is 5.73. The van der Waals surface area contributed by atoms with Crippen molar-refractivity contribution < 1.29 is 4.79 Å². The number of carbonyl (C=O) groups is 1. The van der Waals surface area contributed by atoms with Crippen molar-refractivity contribution in [3.8, 4) is 0 Å². The average molecular weight is 153 g/mol. The van der Waals surface area contributed by atoms with Crippen molar-refractivity contribution >= 4 is 6.03 Å². The van der Waals surface area contributed by atoms with Crippen molar-refractivity contribution in [3.05, 3.63) is 24.3 Å². The normalized spacial score (nSPS) is 28.5. The zero-order valence-electron chi connectivity index (χ0n) is 6.08. The molecule has 5 N–H and O–H groups in total. The summed E-state index contributed by atoms with van der Waals surface area (Å²) >= 11 is 0. The van der Waals surface area contributed by atoms with E-state index < -0.39 is 11.7 Å². The standard InChI is InChI=1S/C7H11N3O/c8-6(11)10-7(9)4-2-1-3-5-7/h1-4H,5,9H2,(H3,8,10,11). The van der Waals surface area contributed by atoms with E-state index in [0.717, 1.165) is 0 Å². The highest BCUT2D eigenvalue weighted by Crippen LogP contribution is 2.10. The number of allylic oxidation sites excluding steroid dienone is 2. The first-order chi connectivity index (χ1) is 5.12. The van der Waals surface area contributed by atoms with Gasteiger partial charge in [-0.1, -0.05) is 18.2 Å². The molecule has 1 aliphatic rings. The van der Waals surface area contributed by atoms with Crippen molar-refractivity contribution in [2.75, 3.05) is 0 Å². The second kappa shape index (κ2) is 2.75. The third-order valence-electron chi connectivity index (χ3n) is 1.45. The van der Waals surface area contributed by atoms with E-state index in [1.54, 1.807) is 12.2 Å². The zero-order valence-corrected chi connectivity index (χ0v) is 6.08. The van der Waals surface area contributed by atoms with Gasteiger partial charge in [-0.15, -0.1) is 0 Å². The summed E-state index contributed by atoms with van der Waals surface area (Å²) in [4.78, 5) is 10.4. The van der Waals surface area contributed by atoms with Gasteiger partial charge in [-0.2, -0.15) is 0 Å². The fourth-order valence-corrected chi connectivity index (χ4v) is 0.959. The van der Waals surface area contributed by atoms with Gasteiger partial charge >= 0.3 is 6.03 Å². The molecule has 60 valence electrons. The number of primary amides is 1. The molecule has 0 heterocycles. The summed E-state index contributed by atoms with van der Waals surface area (Å²) in [6.45, 7) is 0. The Kier molecular flexibility index (Phi) is 1.96. The summed E-state index contributed by atoms with van der Waals surface area (Å²) in [6.07, 6.45) is 7.80. The molecule has 0 bridgehead atoms. The number of hydrogen-bond donors (Lipinski definition) is 3. The van der Waals surface area contributed by atoms with Crippen LogP contribution in [0, 0.1) is 0 Å². The maximum Gasteiger partial charge on any atom is 0.313 e. The predicted molar refractivity (Wildman–Crippen MR) is 42.5 cm³/mol. The van der Waals surface area contributed by atoms with Crippen LogP contribution in [-0.4, -0.2) is 11.7 Å². The third kappa shape index (κ3) is 2.09. The van der Waals surface area contributed by atoms with E-state index in [4.69, 9.17) is 11.5 Å². The molecule has 4 heteroatoms.